The molecule has 3 rings (SSSR count). The lowest BCUT2D eigenvalue weighted by molar-refractivity contribution is 0.0687. The van der Waals surface area contributed by atoms with Crippen LogP contribution in [0.25, 0.3) is 0 Å². The zero-order valence-corrected chi connectivity index (χ0v) is 5.95. The Morgan fingerprint density at radius 3 is 2.25 bits per heavy atom. The third kappa shape index (κ3) is 0.531. The van der Waals surface area contributed by atoms with E-state index in [0.717, 1.165) is 12.1 Å². The first kappa shape index (κ1) is 5.12. The van der Waals surface area contributed by atoms with Gasteiger partial charge in [-0.05, 0) is 13.5 Å². The average molecular weight is 129 g/mol. The Hall–Kier alpha value is 0.310. The number of rotatable bonds is 0. The van der Waals surface area contributed by atoms with E-state index in [1.54, 1.807) is 0 Å². The molecule has 0 aromatic carbocycles. The van der Waals surface area contributed by atoms with E-state index in [2.05, 4.69) is 23.7 Å². The Bertz CT molecular complexity index is 90.7. The van der Waals surface area contributed by atoms with Crippen molar-refractivity contribution >= 4 is 11.8 Å². The molecule has 2 unspecified atom stereocenters. The highest BCUT2D eigenvalue weighted by molar-refractivity contribution is 7.99. The Kier molecular flexibility index (Phi) is 1.05. The summed E-state index contributed by atoms with van der Waals surface area (Å²) in [5.74, 6) is 2.76. The lowest BCUT2D eigenvalue weighted by Gasteiger charge is -2.50. The molecule has 0 amide bonds. The van der Waals surface area contributed by atoms with Gasteiger partial charge in [-0.1, -0.05) is 0 Å². The second-order valence-electron chi connectivity index (χ2n) is 2.75. The summed E-state index contributed by atoms with van der Waals surface area (Å²) in [6.07, 6.45) is 1.48. The van der Waals surface area contributed by atoms with E-state index in [1.807, 2.05) is 0 Å². The van der Waals surface area contributed by atoms with Crippen molar-refractivity contribution in [2.75, 3.05) is 18.6 Å². The van der Waals surface area contributed by atoms with Crippen LogP contribution < -0.4 is 0 Å². The second kappa shape index (κ2) is 1.64. The highest BCUT2D eigenvalue weighted by Crippen LogP contribution is 2.34. The maximum Gasteiger partial charge on any atom is 0.0201 e. The number of thioether (sulfide) groups is 1. The van der Waals surface area contributed by atoms with Crippen LogP contribution in [0.1, 0.15) is 6.42 Å². The molecule has 3 saturated heterocycles. The smallest absolute Gasteiger partial charge is 0.0201 e. The number of hydrogen-bond acceptors (Lipinski definition) is 2. The third-order valence-electron chi connectivity index (χ3n) is 2.32. The topological polar surface area (TPSA) is 3.24 Å². The molecule has 1 nitrogen and oxygen atoms in total. The Balaban J connectivity index is 2.03. The molecule has 0 aromatic rings. The fourth-order valence-electron chi connectivity index (χ4n) is 1.52. The predicted octanol–water partition coefficient (Wildman–Crippen LogP) is 0.806. The number of hydrogen-bond donors (Lipinski definition) is 0. The van der Waals surface area contributed by atoms with Gasteiger partial charge in [0.2, 0.25) is 0 Å². The molecule has 3 aliphatic heterocycles. The van der Waals surface area contributed by atoms with Gasteiger partial charge in [0.15, 0.2) is 0 Å². The Labute approximate surface area is 54.4 Å². The van der Waals surface area contributed by atoms with Crippen LogP contribution in [0.15, 0.2) is 0 Å². The highest BCUT2D eigenvalue weighted by atomic mass is 32.2. The van der Waals surface area contributed by atoms with Gasteiger partial charge >= 0.3 is 0 Å². The zero-order valence-electron chi connectivity index (χ0n) is 5.13. The molecule has 3 fully saturated rings. The summed E-state index contributed by atoms with van der Waals surface area (Å²) < 4.78 is 0. The van der Waals surface area contributed by atoms with E-state index in [-0.39, 0.29) is 0 Å². The third-order valence-corrected chi connectivity index (χ3v) is 3.56. The van der Waals surface area contributed by atoms with Gasteiger partial charge in [0.25, 0.3) is 0 Å². The highest BCUT2D eigenvalue weighted by Gasteiger charge is 2.38. The first-order valence-electron chi connectivity index (χ1n) is 3.17. The molecule has 2 heteroatoms. The van der Waals surface area contributed by atoms with E-state index in [4.69, 9.17) is 0 Å². The molecule has 0 saturated carbocycles. The normalized spacial score (nSPS) is 46.1. The number of nitrogens with zero attached hydrogens (tertiary/aromatic N) is 1. The molecule has 0 spiro atoms. The first-order valence-corrected chi connectivity index (χ1v) is 4.33. The SMILES string of the molecule is CN1C2CSCC1C2. The van der Waals surface area contributed by atoms with Gasteiger partial charge in [-0.3, -0.25) is 4.90 Å². The van der Waals surface area contributed by atoms with Crippen molar-refractivity contribution in [3.63, 3.8) is 0 Å². The van der Waals surface area contributed by atoms with Crippen molar-refractivity contribution in [3.8, 4) is 0 Å². The van der Waals surface area contributed by atoms with Gasteiger partial charge in [0.05, 0.1) is 0 Å². The maximum atomic E-state index is 2.51. The van der Waals surface area contributed by atoms with Gasteiger partial charge in [-0.2, -0.15) is 11.8 Å². The van der Waals surface area contributed by atoms with Crippen LogP contribution in [0.5, 0.6) is 0 Å². The predicted molar refractivity (Wildman–Crippen MR) is 37.3 cm³/mol. The van der Waals surface area contributed by atoms with Crippen LogP contribution in [0.4, 0.5) is 0 Å². The summed E-state index contributed by atoms with van der Waals surface area (Å²) in [6.45, 7) is 0. The van der Waals surface area contributed by atoms with E-state index >= 15 is 0 Å². The average Bonchev–Trinajstić information content (AvgIpc) is 1.89. The summed E-state index contributed by atoms with van der Waals surface area (Å²) in [4.78, 5) is 2.51. The van der Waals surface area contributed by atoms with Crippen molar-refractivity contribution in [1.82, 2.24) is 4.90 Å². The van der Waals surface area contributed by atoms with Crippen molar-refractivity contribution in [2.24, 2.45) is 0 Å². The molecule has 2 atom stereocenters. The van der Waals surface area contributed by atoms with Crippen molar-refractivity contribution in [3.05, 3.63) is 0 Å². The van der Waals surface area contributed by atoms with Gasteiger partial charge in [0, 0.05) is 23.6 Å². The zero-order chi connectivity index (χ0) is 5.56. The molecule has 3 aliphatic rings. The summed E-state index contributed by atoms with van der Waals surface area (Å²) >= 11 is 2.11. The maximum absolute atomic E-state index is 2.51. The molecule has 0 radical (unpaired) electrons. The fraction of sp³-hybridized carbons (Fsp3) is 1.00. The standard InChI is InChI=1S/C6H11NS/c1-7-5-2-6(7)4-8-3-5/h5-6H,2-4H2,1H3. The molecule has 0 aliphatic carbocycles. The van der Waals surface area contributed by atoms with Gasteiger partial charge in [0.1, 0.15) is 0 Å². The monoisotopic (exact) mass is 129 g/mol. The molecule has 2 bridgehead atoms. The molecular weight excluding hydrogens is 118 g/mol. The largest absolute Gasteiger partial charge is 0.299 e. The first-order chi connectivity index (χ1) is 3.88. The van der Waals surface area contributed by atoms with Gasteiger partial charge < -0.3 is 0 Å². The van der Waals surface area contributed by atoms with Crippen LogP contribution in [0.2, 0.25) is 0 Å². The van der Waals surface area contributed by atoms with E-state index < -0.39 is 0 Å². The minimum absolute atomic E-state index is 0.943. The lowest BCUT2D eigenvalue weighted by atomic mass is 9.96. The minimum Gasteiger partial charge on any atom is -0.299 e. The summed E-state index contributed by atoms with van der Waals surface area (Å²) in [5.41, 5.74) is 0. The van der Waals surface area contributed by atoms with Crippen molar-refractivity contribution < 1.29 is 0 Å². The van der Waals surface area contributed by atoms with E-state index in [9.17, 15) is 0 Å². The minimum atomic E-state index is 0.943. The van der Waals surface area contributed by atoms with Gasteiger partial charge in [-0.25, -0.2) is 0 Å². The molecule has 0 N–H and O–H groups in total. The van der Waals surface area contributed by atoms with Crippen LogP contribution in [-0.2, 0) is 0 Å². The summed E-state index contributed by atoms with van der Waals surface area (Å²) in [7, 11) is 2.25. The van der Waals surface area contributed by atoms with Crippen LogP contribution >= 0.6 is 11.8 Å². The van der Waals surface area contributed by atoms with Gasteiger partial charge in [-0.15, -0.1) is 0 Å². The molecule has 3 heterocycles. The van der Waals surface area contributed by atoms with Crippen molar-refractivity contribution in [1.29, 1.82) is 0 Å². The molecule has 0 aromatic heterocycles. The summed E-state index contributed by atoms with van der Waals surface area (Å²) in [6, 6.07) is 1.89. The Morgan fingerprint density at radius 2 is 2.00 bits per heavy atom. The fourth-order valence-corrected chi connectivity index (χ4v) is 2.94. The quantitative estimate of drug-likeness (QED) is 0.476. The van der Waals surface area contributed by atoms with Crippen LogP contribution in [0, 0.1) is 0 Å². The lowest BCUT2D eigenvalue weighted by Crippen LogP contribution is -2.59. The Morgan fingerprint density at radius 1 is 1.38 bits per heavy atom. The van der Waals surface area contributed by atoms with E-state index in [1.165, 1.54) is 17.9 Å². The molecule has 8 heavy (non-hydrogen) atoms. The van der Waals surface area contributed by atoms with Crippen LogP contribution in [-0.4, -0.2) is 35.5 Å². The molecule has 46 valence electrons. The second-order valence-corrected chi connectivity index (χ2v) is 3.82. The molecular formula is C6H11NS. The summed E-state index contributed by atoms with van der Waals surface area (Å²) in [5, 5.41) is 0. The van der Waals surface area contributed by atoms with Crippen LogP contribution in [0.3, 0.4) is 0 Å². The van der Waals surface area contributed by atoms with Crippen molar-refractivity contribution in [2.45, 2.75) is 18.5 Å². The number of fused-ring (bicyclic) bond motifs is 2. The van der Waals surface area contributed by atoms with E-state index in [0.29, 0.717) is 0 Å².